The van der Waals surface area contributed by atoms with Crippen LogP contribution in [-0.4, -0.2) is 30.7 Å². The van der Waals surface area contributed by atoms with Gasteiger partial charge < -0.3 is 4.90 Å². The molecule has 1 aromatic heterocycles. The maximum Gasteiger partial charge on any atom is 0.133 e. The summed E-state index contributed by atoms with van der Waals surface area (Å²) in [5.74, 6) is 1.14. The molecule has 0 N–H and O–H groups in total. The number of hydrogen-bond donors (Lipinski definition) is 1. The molecule has 0 saturated carbocycles. The predicted octanol–water partition coefficient (Wildman–Crippen LogP) is 3.05. The third-order valence-corrected chi connectivity index (χ3v) is 4.96. The SMILES string of the molecule is O=S(CCN(Cc1cccnc1)C(=S)S)Cc1ccccc1. The van der Waals surface area contributed by atoms with Gasteiger partial charge in [-0.15, -0.1) is 12.6 Å². The lowest BCUT2D eigenvalue weighted by Crippen LogP contribution is -2.30. The lowest BCUT2D eigenvalue weighted by molar-refractivity contribution is 0.452. The topological polar surface area (TPSA) is 33.2 Å². The van der Waals surface area contributed by atoms with Gasteiger partial charge in [-0.2, -0.15) is 0 Å². The molecular formula is C16H18N2OS3. The fourth-order valence-electron chi connectivity index (χ4n) is 2.00. The summed E-state index contributed by atoms with van der Waals surface area (Å²) in [5.41, 5.74) is 2.15. The molecule has 2 rings (SSSR count). The van der Waals surface area contributed by atoms with E-state index in [9.17, 15) is 4.21 Å². The Morgan fingerprint density at radius 3 is 2.55 bits per heavy atom. The van der Waals surface area contributed by atoms with Crippen LogP contribution in [0.3, 0.4) is 0 Å². The van der Waals surface area contributed by atoms with Crippen LogP contribution in [0.25, 0.3) is 0 Å². The maximum absolute atomic E-state index is 12.2. The summed E-state index contributed by atoms with van der Waals surface area (Å²) in [5, 5.41) is 0. The first kappa shape index (κ1) is 17.1. The number of nitrogens with zero attached hydrogens (tertiary/aromatic N) is 2. The zero-order valence-electron chi connectivity index (χ0n) is 12.1. The Labute approximate surface area is 144 Å². The average molecular weight is 351 g/mol. The zero-order valence-corrected chi connectivity index (χ0v) is 14.6. The molecule has 1 aromatic carbocycles. The highest BCUT2D eigenvalue weighted by molar-refractivity contribution is 8.10. The van der Waals surface area contributed by atoms with Crippen molar-refractivity contribution in [3.8, 4) is 0 Å². The molecule has 22 heavy (non-hydrogen) atoms. The van der Waals surface area contributed by atoms with E-state index in [0.29, 0.717) is 28.9 Å². The summed E-state index contributed by atoms with van der Waals surface area (Å²) in [4.78, 5) is 6.04. The molecule has 0 spiro atoms. The fraction of sp³-hybridized carbons (Fsp3) is 0.250. The number of rotatable bonds is 7. The van der Waals surface area contributed by atoms with E-state index < -0.39 is 10.8 Å². The second-order valence-electron chi connectivity index (χ2n) is 4.84. The maximum atomic E-state index is 12.2. The van der Waals surface area contributed by atoms with Crippen LogP contribution in [-0.2, 0) is 23.1 Å². The normalized spacial score (nSPS) is 11.9. The first-order valence-electron chi connectivity index (χ1n) is 6.91. The zero-order chi connectivity index (χ0) is 15.8. The summed E-state index contributed by atoms with van der Waals surface area (Å²) in [6.07, 6.45) is 3.54. The average Bonchev–Trinajstić information content (AvgIpc) is 2.53. The Kier molecular flexibility index (Phi) is 7.02. The van der Waals surface area contributed by atoms with Crippen molar-refractivity contribution in [2.45, 2.75) is 12.3 Å². The molecule has 0 amide bonds. The van der Waals surface area contributed by atoms with Gasteiger partial charge in [0.2, 0.25) is 0 Å². The standard InChI is InChI=1S/C16H18N2OS3/c19-22(13-14-5-2-1-3-6-14)10-9-18(16(20)21)12-15-7-4-8-17-11-15/h1-8,11H,9-10,12-13H2,(H,20,21). The van der Waals surface area contributed by atoms with Crippen LogP contribution < -0.4 is 0 Å². The van der Waals surface area contributed by atoms with Gasteiger partial charge >= 0.3 is 0 Å². The van der Waals surface area contributed by atoms with Crippen molar-refractivity contribution < 1.29 is 4.21 Å². The molecule has 116 valence electrons. The Bertz CT molecular complexity index is 620. The van der Waals surface area contributed by atoms with Gasteiger partial charge in [-0.05, 0) is 17.2 Å². The van der Waals surface area contributed by atoms with E-state index in [1.54, 1.807) is 12.4 Å². The Balaban J connectivity index is 1.86. The van der Waals surface area contributed by atoms with Gasteiger partial charge in [-0.25, -0.2) is 0 Å². The minimum atomic E-state index is -0.917. The third-order valence-electron chi connectivity index (χ3n) is 3.13. The molecule has 1 heterocycles. The first-order valence-corrected chi connectivity index (χ1v) is 9.25. The minimum absolute atomic E-state index is 0.514. The predicted molar refractivity (Wildman–Crippen MR) is 99.4 cm³/mol. The lowest BCUT2D eigenvalue weighted by Gasteiger charge is -2.22. The van der Waals surface area contributed by atoms with Crippen LogP contribution in [0.1, 0.15) is 11.1 Å². The summed E-state index contributed by atoms with van der Waals surface area (Å²) in [7, 11) is -0.917. The van der Waals surface area contributed by atoms with E-state index in [1.807, 2.05) is 47.4 Å². The summed E-state index contributed by atoms with van der Waals surface area (Å²) in [6.45, 7) is 1.26. The Morgan fingerprint density at radius 1 is 1.18 bits per heavy atom. The van der Waals surface area contributed by atoms with Gasteiger partial charge in [0, 0.05) is 47.8 Å². The molecule has 1 unspecified atom stereocenters. The van der Waals surface area contributed by atoms with Gasteiger partial charge in [0.1, 0.15) is 4.32 Å². The van der Waals surface area contributed by atoms with Crippen molar-refractivity contribution in [3.63, 3.8) is 0 Å². The van der Waals surface area contributed by atoms with E-state index in [2.05, 4.69) is 17.6 Å². The number of pyridine rings is 1. The largest absolute Gasteiger partial charge is 0.352 e. The Morgan fingerprint density at radius 2 is 1.91 bits per heavy atom. The summed E-state index contributed by atoms with van der Waals surface area (Å²) >= 11 is 9.43. The molecule has 2 aromatic rings. The van der Waals surface area contributed by atoms with Crippen molar-refractivity contribution in [1.82, 2.24) is 9.88 Å². The van der Waals surface area contributed by atoms with Crippen LogP contribution >= 0.6 is 24.8 Å². The molecule has 6 heteroatoms. The highest BCUT2D eigenvalue weighted by atomic mass is 32.2. The molecule has 0 aliphatic carbocycles. The van der Waals surface area contributed by atoms with Gasteiger partial charge in [0.05, 0.1) is 0 Å². The molecule has 1 atom stereocenters. The number of thiocarbonyl (C=S) groups is 1. The number of hydrogen-bond acceptors (Lipinski definition) is 3. The molecule has 0 fully saturated rings. The van der Waals surface area contributed by atoms with Gasteiger partial charge in [-0.1, -0.05) is 48.6 Å². The molecule has 0 radical (unpaired) electrons. The number of benzene rings is 1. The van der Waals surface area contributed by atoms with Gasteiger partial charge in [0.25, 0.3) is 0 Å². The van der Waals surface area contributed by atoms with Crippen molar-refractivity contribution in [3.05, 3.63) is 66.0 Å². The fourth-order valence-corrected chi connectivity index (χ4v) is 3.46. The van der Waals surface area contributed by atoms with E-state index in [0.717, 1.165) is 11.1 Å². The molecule has 0 saturated heterocycles. The van der Waals surface area contributed by atoms with Crippen molar-refractivity contribution in [1.29, 1.82) is 0 Å². The van der Waals surface area contributed by atoms with Crippen LogP contribution in [0.2, 0.25) is 0 Å². The van der Waals surface area contributed by atoms with Crippen LogP contribution in [0.5, 0.6) is 0 Å². The Hall–Kier alpha value is -1.24. The van der Waals surface area contributed by atoms with E-state index in [-0.39, 0.29) is 0 Å². The van der Waals surface area contributed by atoms with E-state index in [4.69, 9.17) is 12.2 Å². The van der Waals surface area contributed by atoms with E-state index >= 15 is 0 Å². The first-order chi connectivity index (χ1) is 10.6. The molecule has 0 aliphatic rings. The van der Waals surface area contributed by atoms with Crippen molar-refractivity contribution in [2.24, 2.45) is 0 Å². The molecule has 0 bridgehead atoms. The second-order valence-corrected chi connectivity index (χ2v) is 7.53. The lowest BCUT2D eigenvalue weighted by atomic mass is 10.2. The smallest absolute Gasteiger partial charge is 0.133 e. The van der Waals surface area contributed by atoms with Crippen LogP contribution in [0.4, 0.5) is 0 Å². The third kappa shape index (κ3) is 5.87. The summed E-state index contributed by atoms with van der Waals surface area (Å²) < 4.78 is 12.7. The monoisotopic (exact) mass is 350 g/mol. The summed E-state index contributed by atoms with van der Waals surface area (Å²) in [6, 6.07) is 13.8. The second kappa shape index (κ2) is 9.02. The minimum Gasteiger partial charge on any atom is -0.352 e. The van der Waals surface area contributed by atoms with Gasteiger partial charge in [-0.3, -0.25) is 9.19 Å². The molecular weight excluding hydrogens is 332 g/mol. The van der Waals surface area contributed by atoms with E-state index in [1.165, 1.54) is 0 Å². The number of aromatic nitrogens is 1. The van der Waals surface area contributed by atoms with Crippen LogP contribution in [0.15, 0.2) is 54.9 Å². The molecule has 0 aliphatic heterocycles. The van der Waals surface area contributed by atoms with Gasteiger partial charge in [0.15, 0.2) is 0 Å². The number of thiol groups is 1. The highest BCUT2D eigenvalue weighted by Crippen LogP contribution is 2.08. The molecule has 3 nitrogen and oxygen atoms in total. The quantitative estimate of drug-likeness (QED) is 0.615. The van der Waals surface area contributed by atoms with Crippen LogP contribution in [0, 0.1) is 0 Å². The highest BCUT2D eigenvalue weighted by Gasteiger charge is 2.10. The van der Waals surface area contributed by atoms with Crippen molar-refractivity contribution in [2.75, 3.05) is 12.3 Å². The van der Waals surface area contributed by atoms with Crippen molar-refractivity contribution >= 4 is 40.0 Å².